The van der Waals surface area contributed by atoms with E-state index in [4.69, 9.17) is 32.7 Å². The number of hydrogen-bond donors (Lipinski definition) is 0. The molecule has 0 spiro atoms. The van der Waals surface area contributed by atoms with Gasteiger partial charge in [0.05, 0.1) is 24.3 Å². The summed E-state index contributed by atoms with van der Waals surface area (Å²) < 4.78 is 23.9. The average molecular weight is 462 g/mol. The fourth-order valence-electron chi connectivity index (χ4n) is 2.95. The van der Waals surface area contributed by atoms with E-state index < -0.39 is 19.1 Å². The molecule has 0 heterocycles. The topological polar surface area (TPSA) is 69.7 Å². The molecule has 0 amide bonds. The number of ether oxygens (including phenoxy) is 2. The molecule has 152 valence electrons. The van der Waals surface area contributed by atoms with Crippen LogP contribution in [-0.2, 0) is 4.57 Å². The van der Waals surface area contributed by atoms with Gasteiger partial charge in [-0.05, 0) is 24.3 Å². The quantitative estimate of drug-likeness (QED) is 0.341. The molecule has 8 heteroatoms. The van der Waals surface area contributed by atoms with E-state index >= 15 is 0 Å². The maximum absolute atomic E-state index is 13.2. The normalized spacial score (nSPS) is 11.0. The van der Waals surface area contributed by atoms with Gasteiger partial charge in [0.2, 0.25) is 11.1 Å². The zero-order valence-corrected chi connectivity index (χ0v) is 18.4. The molecule has 0 aliphatic heterocycles. The number of carbonyl (C=O) groups is 2. The van der Waals surface area contributed by atoms with Gasteiger partial charge >= 0.3 is 13.3 Å². The van der Waals surface area contributed by atoms with Crippen molar-refractivity contribution in [1.82, 2.24) is 0 Å². The second-order valence-electron chi connectivity index (χ2n) is 6.09. The van der Waals surface area contributed by atoms with E-state index in [2.05, 4.69) is 0 Å². The highest BCUT2D eigenvalue weighted by atomic mass is 35.5. The van der Waals surface area contributed by atoms with Crippen molar-refractivity contribution in [2.45, 2.75) is 0 Å². The molecule has 30 heavy (non-hydrogen) atoms. The molecule has 0 aliphatic carbocycles. The standard InChI is InChI=1S/C22H16Cl2O5P/c1-28-16-11-12-17(30(27)22(26)18-14(23)9-6-10-15(18)24)21(29-2)19(16)20(25)13-7-4-3-5-8-13/h3-12H,1-2H3/q+1. The monoisotopic (exact) mass is 461 g/mol. The Morgan fingerprint density at radius 1 is 0.800 bits per heavy atom. The Balaban J connectivity index is 2.16. The lowest BCUT2D eigenvalue weighted by Crippen LogP contribution is -2.15. The molecule has 3 aromatic rings. The van der Waals surface area contributed by atoms with Crippen LogP contribution >= 0.6 is 31.0 Å². The van der Waals surface area contributed by atoms with Crippen molar-refractivity contribution in [3.8, 4) is 11.5 Å². The lowest BCUT2D eigenvalue weighted by Gasteiger charge is -2.12. The van der Waals surface area contributed by atoms with Gasteiger partial charge in [0, 0.05) is 5.56 Å². The van der Waals surface area contributed by atoms with Crippen LogP contribution in [0.15, 0.2) is 60.7 Å². The number of rotatable bonds is 7. The minimum Gasteiger partial charge on any atom is -0.496 e. The third-order valence-electron chi connectivity index (χ3n) is 4.37. The number of ketones is 1. The Morgan fingerprint density at radius 3 is 2.00 bits per heavy atom. The zero-order valence-electron chi connectivity index (χ0n) is 16.0. The summed E-state index contributed by atoms with van der Waals surface area (Å²) in [6.45, 7) is 0. The molecule has 3 aromatic carbocycles. The van der Waals surface area contributed by atoms with E-state index in [0.717, 1.165) is 0 Å². The summed E-state index contributed by atoms with van der Waals surface area (Å²) in [4.78, 5) is 26.1. The van der Waals surface area contributed by atoms with Crippen LogP contribution in [0.3, 0.4) is 0 Å². The summed E-state index contributed by atoms with van der Waals surface area (Å²) >= 11 is 12.2. The summed E-state index contributed by atoms with van der Waals surface area (Å²) in [6, 6.07) is 16.0. The summed E-state index contributed by atoms with van der Waals surface area (Å²) in [5.41, 5.74) is -0.343. The molecular weight excluding hydrogens is 446 g/mol. The summed E-state index contributed by atoms with van der Waals surface area (Å²) in [6.07, 6.45) is 0. The van der Waals surface area contributed by atoms with E-state index in [-0.39, 0.29) is 38.0 Å². The molecule has 1 unspecified atom stereocenters. The first-order chi connectivity index (χ1) is 14.4. The lowest BCUT2D eigenvalue weighted by molar-refractivity contribution is 0.103. The molecule has 5 nitrogen and oxygen atoms in total. The van der Waals surface area contributed by atoms with Crippen molar-refractivity contribution in [1.29, 1.82) is 0 Å². The van der Waals surface area contributed by atoms with Crippen molar-refractivity contribution < 1.29 is 23.6 Å². The van der Waals surface area contributed by atoms with Crippen molar-refractivity contribution in [3.05, 3.63) is 87.4 Å². The van der Waals surface area contributed by atoms with E-state index in [0.29, 0.717) is 5.56 Å². The second kappa shape index (κ2) is 9.40. The van der Waals surface area contributed by atoms with Gasteiger partial charge < -0.3 is 9.47 Å². The highest BCUT2D eigenvalue weighted by Gasteiger charge is 2.41. The molecular formula is C22H16Cl2O5P+. The maximum Gasteiger partial charge on any atom is 0.462 e. The highest BCUT2D eigenvalue weighted by molar-refractivity contribution is 7.71. The molecule has 0 radical (unpaired) electrons. The minimum absolute atomic E-state index is 0.000778. The van der Waals surface area contributed by atoms with E-state index in [9.17, 15) is 14.2 Å². The zero-order chi connectivity index (χ0) is 21.8. The summed E-state index contributed by atoms with van der Waals surface area (Å²) in [5.74, 6) is -0.158. The second-order valence-corrected chi connectivity index (χ2v) is 8.38. The van der Waals surface area contributed by atoms with Crippen LogP contribution < -0.4 is 14.8 Å². The summed E-state index contributed by atoms with van der Waals surface area (Å²) in [7, 11) is 0.0471. The van der Waals surface area contributed by atoms with Gasteiger partial charge in [-0.3, -0.25) is 4.79 Å². The van der Waals surface area contributed by atoms with Crippen LogP contribution in [-0.4, -0.2) is 25.5 Å². The van der Waals surface area contributed by atoms with E-state index in [1.807, 2.05) is 0 Å². The van der Waals surface area contributed by atoms with E-state index in [1.165, 1.54) is 38.5 Å². The fraction of sp³-hybridized carbons (Fsp3) is 0.0909. The summed E-state index contributed by atoms with van der Waals surface area (Å²) in [5, 5.41) is 0.224. The third-order valence-corrected chi connectivity index (χ3v) is 6.38. The van der Waals surface area contributed by atoms with Crippen molar-refractivity contribution in [2.75, 3.05) is 14.2 Å². The number of methoxy groups -OCH3 is 2. The van der Waals surface area contributed by atoms with Gasteiger partial charge in [0.1, 0.15) is 16.9 Å². The van der Waals surface area contributed by atoms with Crippen LogP contribution in [0.2, 0.25) is 10.0 Å². The van der Waals surface area contributed by atoms with Crippen molar-refractivity contribution in [3.63, 3.8) is 0 Å². The van der Waals surface area contributed by atoms with Gasteiger partial charge in [0.15, 0.2) is 5.75 Å². The van der Waals surface area contributed by atoms with Crippen LogP contribution in [0.4, 0.5) is 0 Å². The number of hydrogen-bond acceptors (Lipinski definition) is 5. The lowest BCUT2D eigenvalue weighted by atomic mass is 10.0. The Bertz CT molecular complexity index is 1130. The van der Waals surface area contributed by atoms with Crippen LogP contribution in [0.25, 0.3) is 0 Å². The number of halogens is 2. The first-order valence-electron chi connectivity index (χ1n) is 8.71. The van der Waals surface area contributed by atoms with Gasteiger partial charge in [-0.2, -0.15) is 0 Å². The molecule has 0 bridgehead atoms. The van der Waals surface area contributed by atoms with Gasteiger partial charge in [-0.25, -0.2) is 4.79 Å². The Morgan fingerprint density at radius 2 is 1.43 bits per heavy atom. The van der Waals surface area contributed by atoms with Gasteiger partial charge in [0.25, 0.3) is 0 Å². The molecule has 1 atom stereocenters. The molecule has 0 aromatic heterocycles. The molecule has 3 rings (SSSR count). The predicted molar refractivity (Wildman–Crippen MR) is 117 cm³/mol. The fourth-order valence-corrected chi connectivity index (χ4v) is 4.91. The molecule has 0 fully saturated rings. The molecule has 0 saturated carbocycles. The maximum atomic E-state index is 13.2. The van der Waals surface area contributed by atoms with Crippen molar-refractivity contribution in [2.24, 2.45) is 0 Å². The Hall–Kier alpha value is -2.72. The van der Waals surface area contributed by atoms with Crippen LogP contribution in [0.5, 0.6) is 11.5 Å². The number of benzene rings is 3. The third kappa shape index (κ3) is 4.10. The molecule has 0 saturated heterocycles. The van der Waals surface area contributed by atoms with E-state index in [1.54, 1.807) is 36.4 Å². The van der Waals surface area contributed by atoms with Gasteiger partial charge in [-0.1, -0.05) is 64.2 Å². The number of carbonyl (C=O) groups excluding carboxylic acids is 2. The minimum atomic E-state index is -2.69. The highest BCUT2D eigenvalue weighted by Crippen LogP contribution is 2.40. The first kappa shape index (κ1) is 22.0. The van der Waals surface area contributed by atoms with Crippen LogP contribution in [0.1, 0.15) is 26.3 Å². The van der Waals surface area contributed by atoms with Crippen molar-refractivity contribution >= 4 is 47.6 Å². The van der Waals surface area contributed by atoms with Crippen LogP contribution in [0, 0.1) is 0 Å². The first-order valence-corrected chi connectivity index (χ1v) is 10.7. The SMILES string of the molecule is COc1ccc([P+](=O)C(=O)c2c(Cl)cccc2Cl)c(OC)c1C(=O)c1ccccc1. The molecule has 0 aliphatic rings. The predicted octanol–water partition coefficient (Wildman–Crippen LogP) is 5.53. The Kier molecular flexibility index (Phi) is 6.88. The average Bonchev–Trinajstić information content (AvgIpc) is 2.77. The smallest absolute Gasteiger partial charge is 0.462 e. The van der Waals surface area contributed by atoms with Gasteiger partial charge in [-0.15, -0.1) is 0 Å². The molecule has 0 N–H and O–H groups in total. The Labute approximate surface area is 184 Å². The largest absolute Gasteiger partial charge is 0.496 e.